The molecule has 0 amide bonds. The molecule has 142 valence electrons. The molecule has 3 rings (SSSR count). The van der Waals surface area contributed by atoms with Crippen molar-refractivity contribution < 1.29 is 0 Å². The molecule has 2 heterocycles. The van der Waals surface area contributed by atoms with Crippen LogP contribution in [0.3, 0.4) is 0 Å². The fourth-order valence-corrected chi connectivity index (χ4v) is 3.07. The number of aromatic nitrogens is 4. The molecule has 0 spiro atoms. The number of nitrogens with one attached hydrogen (secondary N) is 1. The van der Waals surface area contributed by atoms with Crippen LogP contribution < -0.4 is 5.32 Å². The molecule has 27 heavy (non-hydrogen) atoms. The Morgan fingerprint density at radius 1 is 1.22 bits per heavy atom. The summed E-state index contributed by atoms with van der Waals surface area (Å²) < 4.78 is 3.71. The zero-order chi connectivity index (χ0) is 19.4. The predicted molar refractivity (Wildman–Crippen MR) is 113 cm³/mol. The number of aryl methyl sites for hydroxylation is 2. The molecule has 1 aromatic carbocycles. The van der Waals surface area contributed by atoms with Gasteiger partial charge in [-0.3, -0.25) is 9.36 Å². The first kappa shape index (κ1) is 19.4. The van der Waals surface area contributed by atoms with E-state index in [1.165, 1.54) is 11.1 Å². The SMILES string of the molecule is CCn1cc(Cl)c(CN(C)C(=S)Nc2ccn(Cc3ccccc3C)n2)n1. The number of halogens is 1. The minimum Gasteiger partial charge on any atom is -0.346 e. The van der Waals surface area contributed by atoms with Crippen LogP contribution in [0.1, 0.15) is 23.7 Å². The molecule has 6 nitrogen and oxygen atoms in total. The lowest BCUT2D eigenvalue weighted by molar-refractivity contribution is 0.492. The zero-order valence-electron chi connectivity index (χ0n) is 15.7. The molecule has 0 saturated carbocycles. The highest BCUT2D eigenvalue weighted by molar-refractivity contribution is 7.80. The van der Waals surface area contributed by atoms with Crippen LogP contribution in [0.2, 0.25) is 5.02 Å². The van der Waals surface area contributed by atoms with Gasteiger partial charge in [-0.15, -0.1) is 0 Å². The van der Waals surface area contributed by atoms with Crippen molar-refractivity contribution >= 4 is 34.7 Å². The van der Waals surface area contributed by atoms with Gasteiger partial charge in [0.25, 0.3) is 0 Å². The first-order valence-electron chi connectivity index (χ1n) is 8.78. The third-order valence-corrected chi connectivity index (χ3v) is 5.04. The first-order chi connectivity index (χ1) is 13.0. The molecule has 0 unspecified atom stereocenters. The van der Waals surface area contributed by atoms with Crippen molar-refractivity contribution in [3.63, 3.8) is 0 Å². The van der Waals surface area contributed by atoms with Crippen molar-refractivity contribution in [2.75, 3.05) is 12.4 Å². The van der Waals surface area contributed by atoms with E-state index in [1.807, 2.05) is 58.8 Å². The summed E-state index contributed by atoms with van der Waals surface area (Å²) in [4.78, 5) is 1.89. The molecule has 8 heteroatoms. The maximum Gasteiger partial charge on any atom is 0.174 e. The average molecular weight is 403 g/mol. The maximum absolute atomic E-state index is 6.24. The third-order valence-electron chi connectivity index (χ3n) is 4.31. The summed E-state index contributed by atoms with van der Waals surface area (Å²) in [7, 11) is 1.90. The Bertz CT molecular complexity index is 932. The number of benzene rings is 1. The Morgan fingerprint density at radius 3 is 2.70 bits per heavy atom. The number of nitrogens with zero attached hydrogens (tertiary/aromatic N) is 5. The minimum atomic E-state index is 0.529. The Hall–Kier alpha value is -2.38. The molecule has 0 fully saturated rings. The second kappa shape index (κ2) is 8.54. The molecule has 3 aromatic rings. The van der Waals surface area contributed by atoms with Crippen LogP contribution in [-0.2, 0) is 19.6 Å². The van der Waals surface area contributed by atoms with Gasteiger partial charge in [0.05, 0.1) is 18.1 Å². The fraction of sp³-hybridized carbons (Fsp3) is 0.316. The Kier molecular flexibility index (Phi) is 6.13. The van der Waals surface area contributed by atoms with Gasteiger partial charge in [-0.25, -0.2) is 0 Å². The normalized spacial score (nSPS) is 10.8. The van der Waals surface area contributed by atoms with Crippen molar-refractivity contribution in [3.8, 4) is 0 Å². The number of hydrogen-bond acceptors (Lipinski definition) is 3. The summed E-state index contributed by atoms with van der Waals surface area (Å²) in [6.45, 7) is 6.16. The summed E-state index contributed by atoms with van der Waals surface area (Å²) in [6.07, 6.45) is 3.77. The van der Waals surface area contributed by atoms with Crippen molar-refractivity contribution in [1.29, 1.82) is 0 Å². The van der Waals surface area contributed by atoms with Crippen LogP contribution in [-0.4, -0.2) is 36.6 Å². The lowest BCUT2D eigenvalue weighted by atomic mass is 10.1. The molecule has 0 atom stereocenters. The Balaban J connectivity index is 1.60. The van der Waals surface area contributed by atoms with E-state index in [4.69, 9.17) is 23.8 Å². The van der Waals surface area contributed by atoms with E-state index in [2.05, 4.69) is 34.6 Å². The van der Waals surface area contributed by atoms with Gasteiger partial charge in [0, 0.05) is 32.1 Å². The summed E-state index contributed by atoms with van der Waals surface area (Å²) >= 11 is 11.7. The summed E-state index contributed by atoms with van der Waals surface area (Å²) in [5, 5.41) is 13.4. The molecule has 0 aliphatic heterocycles. The van der Waals surface area contributed by atoms with E-state index in [0.29, 0.717) is 22.5 Å². The van der Waals surface area contributed by atoms with Gasteiger partial charge in [-0.1, -0.05) is 35.9 Å². The topological polar surface area (TPSA) is 50.9 Å². The zero-order valence-corrected chi connectivity index (χ0v) is 17.3. The minimum absolute atomic E-state index is 0.529. The van der Waals surface area contributed by atoms with Crippen molar-refractivity contribution in [3.05, 3.63) is 64.6 Å². The van der Waals surface area contributed by atoms with Gasteiger partial charge in [0.15, 0.2) is 10.9 Å². The van der Waals surface area contributed by atoms with Gasteiger partial charge >= 0.3 is 0 Å². The third kappa shape index (κ3) is 4.87. The van der Waals surface area contributed by atoms with Gasteiger partial charge in [0.1, 0.15) is 5.69 Å². The molecular formula is C19H23ClN6S. The van der Waals surface area contributed by atoms with E-state index < -0.39 is 0 Å². The molecule has 0 aliphatic carbocycles. The number of thiocarbonyl (C=S) groups is 1. The smallest absolute Gasteiger partial charge is 0.174 e. The second-order valence-electron chi connectivity index (χ2n) is 6.39. The maximum atomic E-state index is 6.24. The van der Waals surface area contributed by atoms with Gasteiger partial charge in [-0.05, 0) is 37.2 Å². The van der Waals surface area contributed by atoms with Crippen molar-refractivity contribution in [2.45, 2.75) is 33.5 Å². The van der Waals surface area contributed by atoms with Crippen LogP contribution in [0.5, 0.6) is 0 Å². The van der Waals surface area contributed by atoms with Gasteiger partial charge < -0.3 is 10.2 Å². The van der Waals surface area contributed by atoms with Crippen molar-refractivity contribution in [1.82, 2.24) is 24.5 Å². The molecular weight excluding hydrogens is 380 g/mol. The molecule has 0 saturated heterocycles. The van der Waals surface area contributed by atoms with E-state index >= 15 is 0 Å². The van der Waals surface area contributed by atoms with Crippen LogP contribution >= 0.6 is 23.8 Å². The summed E-state index contributed by atoms with van der Waals surface area (Å²) in [6, 6.07) is 10.2. The second-order valence-corrected chi connectivity index (χ2v) is 7.18. The van der Waals surface area contributed by atoms with Crippen LogP contribution in [0.25, 0.3) is 0 Å². The van der Waals surface area contributed by atoms with E-state index in [0.717, 1.165) is 18.8 Å². The molecule has 0 aliphatic rings. The van der Waals surface area contributed by atoms with E-state index in [9.17, 15) is 0 Å². The summed E-state index contributed by atoms with van der Waals surface area (Å²) in [5.41, 5.74) is 3.30. The number of rotatable bonds is 6. The van der Waals surface area contributed by atoms with Crippen molar-refractivity contribution in [2.24, 2.45) is 0 Å². The Morgan fingerprint density at radius 2 is 2.00 bits per heavy atom. The van der Waals surface area contributed by atoms with Crippen LogP contribution in [0, 0.1) is 6.92 Å². The van der Waals surface area contributed by atoms with Crippen LogP contribution in [0.4, 0.5) is 5.82 Å². The Labute approximate surface area is 169 Å². The van der Waals surface area contributed by atoms with E-state index in [1.54, 1.807) is 0 Å². The highest BCUT2D eigenvalue weighted by atomic mass is 35.5. The predicted octanol–water partition coefficient (Wildman–Crippen LogP) is 3.94. The highest BCUT2D eigenvalue weighted by Crippen LogP contribution is 2.16. The average Bonchev–Trinajstić information content (AvgIpc) is 3.23. The lowest BCUT2D eigenvalue weighted by Crippen LogP contribution is -2.31. The first-order valence-corrected chi connectivity index (χ1v) is 9.56. The van der Waals surface area contributed by atoms with Crippen LogP contribution in [0.15, 0.2) is 42.7 Å². The summed E-state index contributed by atoms with van der Waals surface area (Å²) in [5.74, 6) is 0.714. The molecule has 0 bridgehead atoms. The molecule has 2 aromatic heterocycles. The standard InChI is InChI=1S/C19H23ClN6S/c1-4-25-12-16(20)17(22-25)13-24(3)19(27)21-18-9-10-26(23-18)11-15-8-6-5-7-14(15)2/h5-10,12H,4,11,13H2,1-3H3,(H,21,23,27). The lowest BCUT2D eigenvalue weighted by Gasteiger charge is -2.19. The fourth-order valence-electron chi connectivity index (χ4n) is 2.69. The number of hydrogen-bond donors (Lipinski definition) is 1. The monoisotopic (exact) mass is 402 g/mol. The van der Waals surface area contributed by atoms with Gasteiger partial charge in [-0.2, -0.15) is 10.2 Å². The van der Waals surface area contributed by atoms with Gasteiger partial charge in [0.2, 0.25) is 0 Å². The quantitative estimate of drug-likeness (QED) is 0.633. The molecule has 0 radical (unpaired) electrons. The number of anilines is 1. The van der Waals surface area contributed by atoms with E-state index in [-0.39, 0.29) is 0 Å². The molecule has 1 N–H and O–H groups in total. The highest BCUT2D eigenvalue weighted by Gasteiger charge is 2.13. The largest absolute Gasteiger partial charge is 0.346 e.